The van der Waals surface area contributed by atoms with Crippen LogP contribution in [-0.2, 0) is 0 Å². The van der Waals surface area contributed by atoms with Crippen LogP contribution in [0.5, 0.6) is 0 Å². The van der Waals surface area contributed by atoms with Gasteiger partial charge in [0, 0.05) is 0 Å². The van der Waals surface area contributed by atoms with Gasteiger partial charge in [-0.05, 0) is 11.1 Å². The molecule has 0 spiro atoms. The molecule has 2 nitrogen and oxygen atoms in total. The van der Waals surface area contributed by atoms with Crippen LogP contribution in [0, 0.1) is 6.42 Å². The fraction of sp³-hybridized carbons (Fsp3) is 0.222. The second-order valence-corrected chi connectivity index (χ2v) is 2.62. The summed E-state index contributed by atoms with van der Waals surface area (Å²) in [6.07, 6.45) is 1.11. The van der Waals surface area contributed by atoms with Crippen molar-refractivity contribution < 1.29 is 10.2 Å². The maximum atomic E-state index is 9.34. The minimum atomic E-state index is -0.854. The Bertz CT molecular complexity index is 270. The molecule has 2 heteroatoms. The van der Waals surface area contributed by atoms with Gasteiger partial charge in [-0.3, -0.25) is 0 Å². The highest BCUT2D eigenvalue weighted by Gasteiger charge is 2.29. The van der Waals surface area contributed by atoms with E-state index >= 15 is 0 Å². The van der Waals surface area contributed by atoms with Crippen molar-refractivity contribution in [2.45, 2.75) is 12.2 Å². The van der Waals surface area contributed by atoms with Gasteiger partial charge in [0.2, 0.25) is 0 Å². The van der Waals surface area contributed by atoms with Crippen LogP contribution in [0.3, 0.4) is 0 Å². The standard InChI is InChI=1S/C9H8O2/c10-8-5-6-3-1-2-4-7(6)9(8)11/h1-4,8-11H. The van der Waals surface area contributed by atoms with Gasteiger partial charge in [-0.25, -0.2) is 0 Å². The lowest BCUT2D eigenvalue weighted by Gasteiger charge is -2.05. The lowest BCUT2D eigenvalue weighted by Crippen LogP contribution is -2.10. The van der Waals surface area contributed by atoms with Gasteiger partial charge in [0.25, 0.3) is 0 Å². The van der Waals surface area contributed by atoms with E-state index in [1.165, 1.54) is 0 Å². The largest absolute Gasteiger partial charge is 0.389 e. The summed E-state index contributed by atoms with van der Waals surface area (Å²) in [6, 6.07) is 7.32. The number of aliphatic hydroxyl groups is 2. The van der Waals surface area contributed by atoms with E-state index in [9.17, 15) is 5.11 Å². The summed E-state index contributed by atoms with van der Waals surface area (Å²) in [5, 5.41) is 18.5. The SMILES string of the molecule is OC1[C]c2ccccc2C1O. The van der Waals surface area contributed by atoms with Crippen molar-refractivity contribution in [2.24, 2.45) is 0 Å². The second kappa shape index (κ2) is 2.32. The molecule has 2 unspecified atom stereocenters. The lowest BCUT2D eigenvalue weighted by atomic mass is 10.1. The average Bonchev–Trinajstić information content (AvgIpc) is 2.30. The summed E-state index contributed by atoms with van der Waals surface area (Å²) in [6.45, 7) is 0. The molecule has 1 aliphatic rings. The minimum Gasteiger partial charge on any atom is -0.389 e. The first kappa shape index (κ1) is 6.83. The summed E-state index contributed by atoms with van der Waals surface area (Å²) in [4.78, 5) is 0. The van der Waals surface area contributed by atoms with Gasteiger partial charge in [-0.2, -0.15) is 0 Å². The number of hydrogen-bond acceptors (Lipinski definition) is 2. The molecule has 2 N–H and O–H groups in total. The van der Waals surface area contributed by atoms with Crippen LogP contribution in [0.15, 0.2) is 24.3 Å². The van der Waals surface area contributed by atoms with Crippen molar-refractivity contribution >= 4 is 0 Å². The molecule has 0 fully saturated rings. The molecular formula is C9H8O2. The van der Waals surface area contributed by atoms with E-state index in [-0.39, 0.29) is 0 Å². The van der Waals surface area contributed by atoms with Crippen LogP contribution < -0.4 is 0 Å². The Morgan fingerprint density at radius 1 is 1.18 bits per heavy atom. The van der Waals surface area contributed by atoms with Gasteiger partial charge in [0.05, 0.1) is 12.5 Å². The Morgan fingerprint density at radius 2 is 1.91 bits per heavy atom. The third-order valence-electron chi connectivity index (χ3n) is 1.88. The molecule has 1 aliphatic carbocycles. The normalized spacial score (nSPS) is 28.5. The van der Waals surface area contributed by atoms with E-state index in [0.29, 0.717) is 0 Å². The minimum absolute atomic E-state index is 0.764. The highest BCUT2D eigenvalue weighted by atomic mass is 16.3. The van der Waals surface area contributed by atoms with Crippen molar-refractivity contribution in [3.63, 3.8) is 0 Å². The third kappa shape index (κ3) is 0.951. The summed E-state index contributed by atoms with van der Waals surface area (Å²) < 4.78 is 0. The zero-order chi connectivity index (χ0) is 7.84. The molecule has 0 saturated heterocycles. The predicted molar refractivity (Wildman–Crippen MR) is 39.8 cm³/mol. The second-order valence-electron chi connectivity index (χ2n) is 2.62. The Kier molecular flexibility index (Phi) is 1.44. The molecule has 0 amide bonds. The summed E-state index contributed by atoms with van der Waals surface area (Å²) in [5.74, 6) is 0. The number of aliphatic hydroxyl groups excluding tert-OH is 2. The van der Waals surface area contributed by atoms with E-state index in [1.807, 2.05) is 18.2 Å². The Morgan fingerprint density at radius 3 is 2.64 bits per heavy atom. The van der Waals surface area contributed by atoms with E-state index in [0.717, 1.165) is 11.1 Å². The molecular weight excluding hydrogens is 140 g/mol. The Labute approximate surface area is 65.1 Å². The molecule has 1 aromatic rings. The molecule has 11 heavy (non-hydrogen) atoms. The third-order valence-corrected chi connectivity index (χ3v) is 1.88. The molecule has 56 valence electrons. The van der Waals surface area contributed by atoms with Crippen LogP contribution >= 0.6 is 0 Å². The first-order valence-corrected chi connectivity index (χ1v) is 3.50. The monoisotopic (exact) mass is 148 g/mol. The van der Waals surface area contributed by atoms with Gasteiger partial charge in [-0.15, -0.1) is 0 Å². The highest BCUT2D eigenvalue weighted by Crippen LogP contribution is 2.31. The zero-order valence-electron chi connectivity index (χ0n) is 5.86. The molecule has 2 radical (unpaired) electrons. The molecule has 0 heterocycles. The van der Waals surface area contributed by atoms with Gasteiger partial charge < -0.3 is 10.2 Å². The molecule has 0 aliphatic heterocycles. The van der Waals surface area contributed by atoms with Crippen LogP contribution in [0.25, 0.3) is 0 Å². The lowest BCUT2D eigenvalue weighted by molar-refractivity contribution is 0.0507. The van der Waals surface area contributed by atoms with Crippen molar-refractivity contribution in [1.29, 1.82) is 0 Å². The van der Waals surface area contributed by atoms with Gasteiger partial charge >= 0.3 is 0 Å². The maximum absolute atomic E-state index is 9.34. The predicted octanol–water partition coefficient (Wildman–Crippen LogP) is 0.524. The Hall–Kier alpha value is -0.860. The molecule has 0 bridgehead atoms. The fourth-order valence-electron chi connectivity index (χ4n) is 1.29. The zero-order valence-corrected chi connectivity index (χ0v) is 5.86. The van der Waals surface area contributed by atoms with Gasteiger partial charge in [0.15, 0.2) is 0 Å². The van der Waals surface area contributed by atoms with Crippen LogP contribution in [0.4, 0.5) is 0 Å². The number of benzene rings is 1. The summed E-state index contributed by atoms with van der Waals surface area (Å²) >= 11 is 0. The maximum Gasteiger partial charge on any atom is 0.106 e. The first-order valence-electron chi connectivity index (χ1n) is 3.50. The van der Waals surface area contributed by atoms with Gasteiger partial charge in [-0.1, -0.05) is 24.3 Å². The molecule has 0 saturated carbocycles. The molecule has 2 rings (SSSR count). The smallest absolute Gasteiger partial charge is 0.106 e. The van der Waals surface area contributed by atoms with E-state index in [2.05, 4.69) is 6.42 Å². The Balaban J connectivity index is 2.47. The van der Waals surface area contributed by atoms with Crippen molar-refractivity contribution in [3.05, 3.63) is 41.8 Å². The first-order chi connectivity index (χ1) is 5.29. The van der Waals surface area contributed by atoms with E-state index < -0.39 is 12.2 Å². The molecule has 2 atom stereocenters. The van der Waals surface area contributed by atoms with Crippen molar-refractivity contribution in [1.82, 2.24) is 0 Å². The molecule has 1 aromatic carbocycles. The molecule has 0 aromatic heterocycles. The topological polar surface area (TPSA) is 40.5 Å². The van der Waals surface area contributed by atoms with E-state index in [4.69, 9.17) is 5.11 Å². The summed E-state index contributed by atoms with van der Waals surface area (Å²) in [7, 11) is 0. The fourth-order valence-corrected chi connectivity index (χ4v) is 1.29. The van der Waals surface area contributed by atoms with Crippen molar-refractivity contribution in [2.75, 3.05) is 0 Å². The number of fused-ring (bicyclic) bond motifs is 1. The van der Waals surface area contributed by atoms with Crippen LogP contribution in [0.2, 0.25) is 0 Å². The van der Waals surface area contributed by atoms with Crippen molar-refractivity contribution in [3.8, 4) is 0 Å². The number of hydrogen-bond donors (Lipinski definition) is 2. The quantitative estimate of drug-likeness (QED) is 0.563. The van der Waals surface area contributed by atoms with Gasteiger partial charge in [0.1, 0.15) is 6.10 Å². The highest BCUT2D eigenvalue weighted by molar-refractivity contribution is 5.41. The van der Waals surface area contributed by atoms with Crippen LogP contribution in [0.1, 0.15) is 17.2 Å². The summed E-state index contributed by atoms with van der Waals surface area (Å²) in [5.41, 5.74) is 1.58. The van der Waals surface area contributed by atoms with E-state index in [1.54, 1.807) is 6.07 Å². The number of rotatable bonds is 0. The van der Waals surface area contributed by atoms with Crippen LogP contribution in [-0.4, -0.2) is 16.3 Å². The average molecular weight is 148 g/mol.